The van der Waals surface area contributed by atoms with E-state index in [1.807, 2.05) is 30.3 Å². The van der Waals surface area contributed by atoms with Crippen molar-refractivity contribution in [2.45, 2.75) is 30.7 Å². The topological polar surface area (TPSA) is 105 Å². The molecule has 0 bridgehead atoms. The Kier molecular flexibility index (Phi) is 7.18. The fraction of sp³-hybridized carbons (Fsp3) is 0.231. The predicted octanol–water partition coefficient (Wildman–Crippen LogP) is 3.13. The number of carbonyl (C=O) groups excluding carboxylic acids is 2. The zero-order valence-electron chi connectivity index (χ0n) is 19.5. The van der Waals surface area contributed by atoms with Crippen LogP contribution in [-0.2, 0) is 32.5 Å². The number of benzene rings is 3. The molecule has 3 aromatic rings. The number of nitrogens with one attached hydrogen (secondary N) is 2. The first-order chi connectivity index (χ1) is 16.8. The molecule has 0 unspecified atom stereocenters. The minimum Gasteiger partial charge on any atom is -0.497 e. The highest BCUT2D eigenvalue weighted by Gasteiger charge is 2.29. The summed E-state index contributed by atoms with van der Waals surface area (Å²) in [6.45, 7) is 2.00. The minimum atomic E-state index is -4.02. The third-order valence-corrected chi connectivity index (χ3v) is 7.36. The van der Waals surface area contributed by atoms with Gasteiger partial charge < -0.3 is 15.0 Å². The van der Waals surface area contributed by atoms with Crippen molar-refractivity contribution in [3.8, 4) is 5.75 Å². The molecule has 1 atom stereocenters. The molecule has 0 aliphatic carbocycles. The molecule has 1 aliphatic rings. The minimum absolute atomic E-state index is 0.0527. The number of ether oxygens (including phenoxy) is 1. The van der Waals surface area contributed by atoms with E-state index in [0.717, 1.165) is 16.8 Å². The van der Waals surface area contributed by atoms with E-state index < -0.39 is 22.0 Å². The molecule has 2 amide bonds. The summed E-state index contributed by atoms with van der Waals surface area (Å²) in [5, 5.41) is 2.78. The van der Waals surface area contributed by atoms with Gasteiger partial charge in [0.1, 0.15) is 11.8 Å². The summed E-state index contributed by atoms with van der Waals surface area (Å²) in [5.74, 6) is 0.0756. The van der Waals surface area contributed by atoms with E-state index in [1.54, 1.807) is 48.4 Å². The molecule has 3 aromatic carbocycles. The van der Waals surface area contributed by atoms with Crippen LogP contribution in [0.25, 0.3) is 0 Å². The van der Waals surface area contributed by atoms with E-state index >= 15 is 0 Å². The number of hydrogen-bond donors (Lipinski definition) is 2. The highest BCUT2D eigenvalue weighted by molar-refractivity contribution is 7.89. The smallest absolute Gasteiger partial charge is 0.242 e. The second kappa shape index (κ2) is 10.3. The lowest BCUT2D eigenvalue weighted by Gasteiger charge is -2.20. The van der Waals surface area contributed by atoms with Gasteiger partial charge in [0, 0.05) is 24.8 Å². The van der Waals surface area contributed by atoms with Crippen molar-refractivity contribution >= 4 is 33.2 Å². The summed E-state index contributed by atoms with van der Waals surface area (Å²) in [6, 6.07) is 19.6. The predicted molar refractivity (Wildman–Crippen MR) is 134 cm³/mol. The van der Waals surface area contributed by atoms with Crippen LogP contribution >= 0.6 is 0 Å². The lowest BCUT2D eigenvalue weighted by molar-refractivity contribution is -0.118. The molecule has 35 heavy (non-hydrogen) atoms. The van der Waals surface area contributed by atoms with Crippen molar-refractivity contribution in [3.05, 3.63) is 83.9 Å². The van der Waals surface area contributed by atoms with Crippen LogP contribution in [-0.4, -0.2) is 39.9 Å². The van der Waals surface area contributed by atoms with E-state index in [1.165, 1.54) is 13.0 Å². The molecule has 0 aromatic heterocycles. The first kappa shape index (κ1) is 24.4. The maximum atomic E-state index is 13.3. The Hall–Kier alpha value is -3.69. The normalized spacial score (nSPS) is 13.7. The summed E-state index contributed by atoms with van der Waals surface area (Å²) in [6.07, 6.45) is 0.745. The van der Waals surface area contributed by atoms with Gasteiger partial charge in [0.25, 0.3) is 0 Å². The fourth-order valence-corrected chi connectivity index (χ4v) is 5.31. The molecule has 8 nitrogen and oxygen atoms in total. The van der Waals surface area contributed by atoms with E-state index in [4.69, 9.17) is 4.74 Å². The average Bonchev–Trinajstić information content (AvgIpc) is 3.28. The van der Waals surface area contributed by atoms with E-state index in [9.17, 15) is 18.0 Å². The Balaban J connectivity index is 1.58. The quantitative estimate of drug-likeness (QED) is 0.502. The summed E-state index contributed by atoms with van der Waals surface area (Å²) in [5.41, 5.74) is 2.84. The van der Waals surface area contributed by atoms with Gasteiger partial charge in [-0.05, 0) is 66.4 Å². The van der Waals surface area contributed by atoms with Gasteiger partial charge in [0.05, 0.1) is 12.0 Å². The van der Waals surface area contributed by atoms with E-state index in [2.05, 4.69) is 10.0 Å². The maximum Gasteiger partial charge on any atom is 0.242 e. The van der Waals surface area contributed by atoms with Crippen molar-refractivity contribution in [1.82, 2.24) is 4.72 Å². The van der Waals surface area contributed by atoms with Crippen LogP contribution < -0.4 is 19.7 Å². The zero-order chi connectivity index (χ0) is 25.0. The summed E-state index contributed by atoms with van der Waals surface area (Å²) < 4.78 is 34.3. The Morgan fingerprint density at radius 3 is 2.40 bits per heavy atom. The van der Waals surface area contributed by atoms with Gasteiger partial charge in [-0.3, -0.25) is 9.59 Å². The van der Waals surface area contributed by atoms with E-state index in [-0.39, 0.29) is 17.2 Å². The second-order valence-corrected chi connectivity index (χ2v) is 10.0. The van der Waals surface area contributed by atoms with Crippen molar-refractivity contribution in [2.75, 3.05) is 23.9 Å². The lowest BCUT2D eigenvalue weighted by Crippen LogP contribution is -2.45. The van der Waals surface area contributed by atoms with Crippen LogP contribution in [0.5, 0.6) is 5.75 Å². The number of anilines is 2. The molecule has 2 N–H and O–H groups in total. The first-order valence-electron chi connectivity index (χ1n) is 11.2. The number of sulfonamides is 1. The SMILES string of the molecule is COc1ccc(NC(=O)[C@@H](Cc2ccccc2)NS(=O)(=O)c2ccc3c(c2)CCN3C(C)=O)cc1. The molecule has 1 aliphatic heterocycles. The first-order valence-corrected chi connectivity index (χ1v) is 12.7. The molecule has 0 spiro atoms. The molecule has 0 fully saturated rings. The number of methoxy groups -OCH3 is 1. The highest BCUT2D eigenvalue weighted by Crippen LogP contribution is 2.30. The molecule has 1 heterocycles. The van der Waals surface area contributed by atoms with Crippen molar-refractivity contribution in [2.24, 2.45) is 0 Å². The highest BCUT2D eigenvalue weighted by atomic mass is 32.2. The maximum absolute atomic E-state index is 13.3. The summed E-state index contributed by atoms with van der Waals surface area (Å²) >= 11 is 0. The number of amides is 2. The summed E-state index contributed by atoms with van der Waals surface area (Å²) in [4.78, 5) is 26.7. The fourth-order valence-electron chi connectivity index (χ4n) is 4.07. The zero-order valence-corrected chi connectivity index (χ0v) is 20.3. The number of nitrogens with zero attached hydrogens (tertiary/aromatic N) is 1. The van der Waals surface area contributed by atoms with E-state index in [0.29, 0.717) is 24.4 Å². The third kappa shape index (κ3) is 5.70. The van der Waals surface area contributed by atoms with Gasteiger partial charge in [-0.2, -0.15) is 4.72 Å². The molecule has 0 saturated heterocycles. The van der Waals surface area contributed by atoms with Crippen molar-refractivity contribution in [3.63, 3.8) is 0 Å². The van der Waals surface area contributed by atoms with Gasteiger partial charge >= 0.3 is 0 Å². The molecule has 0 radical (unpaired) electrons. The molecular formula is C26H27N3O5S. The average molecular weight is 494 g/mol. The Morgan fingerprint density at radius 1 is 1.03 bits per heavy atom. The van der Waals surface area contributed by atoms with Crippen LogP contribution in [0.2, 0.25) is 0 Å². The Morgan fingerprint density at radius 2 is 1.74 bits per heavy atom. The molecule has 182 valence electrons. The number of carbonyl (C=O) groups is 2. The Labute approximate surface area is 205 Å². The van der Waals surface area contributed by atoms with Crippen molar-refractivity contribution in [1.29, 1.82) is 0 Å². The lowest BCUT2D eigenvalue weighted by atomic mass is 10.1. The second-order valence-electron chi connectivity index (χ2n) is 8.29. The van der Waals surface area contributed by atoms with Gasteiger partial charge in [0.2, 0.25) is 21.8 Å². The van der Waals surface area contributed by atoms with Crippen LogP contribution in [0.4, 0.5) is 11.4 Å². The van der Waals surface area contributed by atoms with Crippen molar-refractivity contribution < 1.29 is 22.7 Å². The third-order valence-electron chi connectivity index (χ3n) is 5.89. The van der Waals surface area contributed by atoms with Gasteiger partial charge in [-0.15, -0.1) is 0 Å². The molecule has 4 rings (SSSR count). The summed E-state index contributed by atoms with van der Waals surface area (Å²) in [7, 11) is -2.47. The van der Waals surface area contributed by atoms with Gasteiger partial charge in [0.15, 0.2) is 0 Å². The standard InChI is InChI=1S/C26H27N3O5S/c1-18(30)29-15-14-20-17-23(12-13-25(20)29)35(32,33)28-24(16-19-6-4-3-5-7-19)26(31)27-21-8-10-22(34-2)11-9-21/h3-13,17,24,28H,14-16H2,1-2H3,(H,27,31)/t24-/m1/s1. The van der Waals surface area contributed by atoms with Crippen LogP contribution in [0.15, 0.2) is 77.7 Å². The van der Waals surface area contributed by atoms with Crippen LogP contribution in [0.3, 0.4) is 0 Å². The van der Waals surface area contributed by atoms with Crippen LogP contribution in [0, 0.1) is 0 Å². The largest absolute Gasteiger partial charge is 0.497 e. The monoisotopic (exact) mass is 493 g/mol. The van der Waals surface area contributed by atoms with Crippen LogP contribution in [0.1, 0.15) is 18.1 Å². The van der Waals surface area contributed by atoms with Gasteiger partial charge in [-0.25, -0.2) is 8.42 Å². The van der Waals surface area contributed by atoms with Gasteiger partial charge in [-0.1, -0.05) is 30.3 Å². The molecular weight excluding hydrogens is 466 g/mol. The number of rotatable bonds is 8. The molecule has 9 heteroatoms. The number of hydrogen-bond acceptors (Lipinski definition) is 5. The molecule has 0 saturated carbocycles. The number of fused-ring (bicyclic) bond motifs is 1. The Bertz CT molecular complexity index is 1320.